The van der Waals surface area contributed by atoms with Crippen LogP contribution < -0.4 is 15.4 Å². The Morgan fingerprint density at radius 2 is 2.26 bits per heavy atom. The van der Waals surface area contributed by atoms with Crippen molar-refractivity contribution in [2.24, 2.45) is 4.99 Å². The molecular weight excluding hydrogens is 259 g/mol. The highest BCUT2D eigenvalue weighted by atomic mass is 19.3. The second-order valence-corrected chi connectivity index (χ2v) is 3.96. The molecule has 0 atom stereocenters. The molecule has 0 amide bonds. The first kappa shape index (κ1) is 13.5. The number of nitrogens with zero attached hydrogens (tertiary/aromatic N) is 1. The van der Waals surface area contributed by atoms with E-state index < -0.39 is 12.4 Å². The van der Waals surface area contributed by atoms with E-state index >= 15 is 0 Å². The third-order valence-corrected chi connectivity index (χ3v) is 2.62. The van der Waals surface area contributed by atoms with Gasteiger partial charge in [0, 0.05) is 25.2 Å². The van der Waals surface area contributed by atoms with Gasteiger partial charge in [-0.3, -0.25) is 4.99 Å². The van der Waals surface area contributed by atoms with Crippen LogP contribution in [-0.4, -0.2) is 25.7 Å². The second-order valence-electron chi connectivity index (χ2n) is 3.96. The molecular formula is C12H14F3N3O. The summed E-state index contributed by atoms with van der Waals surface area (Å²) in [6.45, 7) is -1.48. The van der Waals surface area contributed by atoms with Crippen molar-refractivity contribution in [2.75, 3.05) is 13.1 Å². The number of benzene rings is 1. The number of ether oxygens (including phenoxy) is 1. The monoisotopic (exact) mass is 273 g/mol. The maximum Gasteiger partial charge on any atom is 0.387 e. The standard InChI is InChI=1S/C12H14F3N3O/c13-9-3-1-4-10(19-11(14)15)8(9)7-18-12-16-5-2-6-17-12/h1,3-4,11H,2,5-7H2,(H2,16,17,18). The smallest absolute Gasteiger partial charge is 0.387 e. The third-order valence-electron chi connectivity index (χ3n) is 2.62. The lowest BCUT2D eigenvalue weighted by atomic mass is 10.2. The first-order valence-corrected chi connectivity index (χ1v) is 5.91. The molecule has 2 N–H and O–H groups in total. The lowest BCUT2D eigenvalue weighted by molar-refractivity contribution is -0.0506. The topological polar surface area (TPSA) is 45.6 Å². The molecule has 19 heavy (non-hydrogen) atoms. The summed E-state index contributed by atoms with van der Waals surface area (Å²) in [6, 6.07) is 3.83. The molecule has 0 aromatic heterocycles. The van der Waals surface area contributed by atoms with Crippen LogP contribution in [0, 0.1) is 5.82 Å². The number of alkyl halides is 2. The van der Waals surface area contributed by atoms with Crippen molar-refractivity contribution < 1.29 is 17.9 Å². The Hall–Kier alpha value is -1.92. The summed E-state index contributed by atoms with van der Waals surface area (Å²) in [5.74, 6) is -0.224. The first-order valence-electron chi connectivity index (χ1n) is 5.91. The zero-order chi connectivity index (χ0) is 13.7. The number of guanidine groups is 1. The average Bonchev–Trinajstić information content (AvgIpc) is 2.38. The number of halogens is 3. The summed E-state index contributed by atoms with van der Waals surface area (Å²) in [5, 5.41) is 5.86. The molecule has 4 nitrogen and oxygen atoms in total. The minimum Gasteiger partial charge on any atom is -0.434 e. The highest BCUT2D eigenvalue weighted by Gasteiger charge is 2.14. The van der Waals surface area contributed by atoms with Gasteiger partial charge in [0.2, 0.25) is 0 Å². The zero-order valence-electron chi connectivity index (χ0n) is 10.1. The molecule has 2 rings (SSSR count). The fourth-order valence-electron chi connectivity index (χ4n) is 1.74. The van der Waals surface area contributed by atoms with E-state index in [4.69, 9.17) is 0 Å². The highest BCUT2D eigenvalue weighted by molar-refractivity contribution is 5.80. The van der Waals surface area contributed by atoms with Gasteiger partial charge >= 0.3 is 6.61 Å². The maximum absolute atomic E-state index is 13.6. The van der Waals surface area contributed by atoms with Gasteiger partial charge in [-0.05, 0) is 18.6 Å². The molecule has 0 radical (unpaired) electrons. The Kier molecular flexibility index (Phi) is 4.48. The molecule has 7 heteroatoms. The Labute approximate surface area is 108 Å². The van der Waals surface area contributed by atoms with E-state index in [9.17, 15) is 13.2 Å². The predicted octanol–water partition coefficient (Wildman–Crippen LogP) is 1.87. The van der Waals surface area contributed by atoms with E-state index in [1.54, 1.807) is 0 Å². The van der Waals surface area contributed by atoms with E-state index in [0.717, 1.165) is 13.0 Å². The number of hydrogen-bond acceptors (Lipinski definition) is 4. The van der Waals surface area contributed by atoms with Crippen LogP contribution in [0.3, 0.4) is 0 Å². The van der Waals surface area contributed by atoms with Gasteiger partial charge in [0.1, 0.15) is 11.6 Å². The van der Waals surface area contributed by atoms with E-state index in [-0.39, 0.29) is 17.9 Å². The number of rotatable bonds is 4. The fraction of sp³-hybridized carbons (Fsp3) is 0.417. The van der Waals surface area contributed by atoms with Gasteiger partial charge in [-0.15, -0.1) is 0 Å². The quantitative estimate of drug-likeness (QED) is 0.880. The van der Waals surface area contributed by atoms with Crippen molar-refractivity contribution in [3.05, 3.63) is 29.6 Å². The highest BCUT2D eigenvalue weighted by Crippen LogP contribution is 2.23. The summed E-state index contributed by atoms with van der Waals surface area (Å²) in [7, 11) is 0. The molecule has 0 saturated heterocycles. The molecule has 0 fully saturated rings. The minimum atomic E-state index is -2.98. The average molecular weight is 273 g/mol. The van der Waals surface area contributed by atoms with Gasteiger partial charge in [-0.25, -0.2) is 4.39 Å². The molecule has 1 aliphatic heterocycles. The van der Waals surface area contributed by atoms with Gasteiger partial charge in [-0.2, -0.15) is 8.78 Å². The summed E-state index contributed by atoms with van der Waals surface area (Å²) >= 11 is 0. The fourth-order valence-corrected chi connectivity index (χ4v) is 1.74. The van der Waals surface area contributed by atoms with Gasteiger partial charge in [-0.1, -0.05) is 6.07 Å². The predicted molar refractivity (Wildman–Crippen MR) is 64.8 cm³/mol. The van der Waals surface area contributed by atoms with Crippen LogP contribution in [0.1, 0.15) is 12.0 Å². The van der Waals surface area contributed by atoms with Crippen molar-refractivity contribution in [1.29, 1.82) is 0 Å². The molecule has 1 heterocycles. The summed E-state index contributed by atoms with van der Waals surface area (Å²) < 4.78 is 42.4. The number of aliphatic imine (C=N–C) groups is 1. The Morgan fingerprint density at radius 3 is 2.95 bits per heavy atom. The molecule has 0 aliphatic carbocycles. The van der Waals surface area contributed by atoms with E-state index in [1.807, 2.05) is 0 Å². The minimum absolute atomic E-state index is 0.0283. The van der Waals surface area contributed by atoms with Crippen LogP contribution in [0.2, 0.25) is 0 Å². The van der Waals surface area contributed by atoms with Gasteiger partial charge < -0.3 is 15.4 Å². The van der Waals surface area contributed by atoms with Crippen molar-refractivity contribution in [1.82, 2.24) is 10.6 Å². The van der Waals surface area contributed by atoms with Crippen LogP contribution >= 0.6 is 0 Å². The van der Waals surface area contributed by atoms with Crippen LogP contribution in [0.4, 0.5) is 13.2 Å². The second kappa shape index (κ2) is 6.31. The third kappa shape index (κ3) is 3.77. The summed E-state index contributed by atoms with van der Waals surface area (Å²) in [5.41, 5.74) is 0.0536. The van der Waals surface area contributed by atoms with Crippen LogP contribution in [-0.2, 0) is 6.54 Å². The zero-order valence-corrected chi connectivity index (χ0v) is 10.1. The van der Waals surface area contributed by atoms with E-state index in [0.29, 0.717) is 12.5 Å². The van der Waals surface area contributed by atoms with E-state index in [2.05, 4.69) is 20.4 Å². The van der Waals surface area contributed by atoms with Crippen molar-refractivity contribution in [2.45, 2.75) is 19.6 Å². The van der Waals surface area contributed by atoms with Crippen molar-refractivity contribution in [3.8, 4) is 5.75 Å². The Morgan fingerprint density at radius 1 is 1.42 bits per heavy atom. The SMILES string of the molecule is Fc1cccc(OC(F)F)c1CNC1=NCCCN1. The molecule has 0 bridgehead atoms. The van der Waals surface area contributed by atoms with Crippen LogP contribution in [0.25, 0.3) is 0 Å². The van der Waals surface area contributed by atoms with Gasteiger partial charge in [0.25, 0.3) is 0 Å². The maximum atomic E-state index is 13.6. The van der Waals surface area contributed by atoms with Crippen molar-refractivity contribution in [3.63, 3.8) is 0 Å². The molecule has 1 aromatic rings. The van der Waals surface area contributed by atoms with Gasteiger partial charge in [0.15, 0.2) is 5.96 Å². The summed E-state index contributed by atoms with van der Waals surface area (Å²) in [4.78, 5) is 4.15. The molecule has 0 unspecified atom stereocenters. The first-order chi connectivity index (χ1) is 9.16. The molecule has 1 aliphatic rings. The Balaban J connectivity index is 2.07. The molecule has 104 valence electrons. The van der Waals surface area contributed by atoms with Crippen LogP contribution in [0.5, 0.6) is 5.75 Å². The lowest BCUT2D eigenvalue weighted by Gasteiger charge is -2.17. The summed E-state index contributed by atoms with van der Waals surface area (Å²) in [6.07, 6.45) is 0.935. The van der Waals surface area contributed by atoms with E-state index in [1.165, 1.54) is 18.2 Å². The molecule has 0 spiro atoms. The number of hydrogen-bond donors (Lipinski definition) is 2. The molecule has 1 aromatic carbocycles. The molecule has 0 saturated carbocycles. The van der Waals surface area contributed by atoms with Crippen molar-refractivity contribution >= 4 is 5.96 Å². The normalized spacial score (nSPS) is 14.8. The van der Waals surface area contributed by atoms with Gasteiger partial charge in [0.05, 0.1) is 0 Å². The number of nitrogens with one attached hydrogen (secondary N) is 2. The largest absolute Gasteiger partial charge is 0.434 e. The van der Waals surface area contributed by atoms with Crippen LogP contribution in [0.15, 0.2) is 23.2 Å². The lowest BCUT2D eigenvalue weighted by Crippen LogP contribution is -2.40. The Bertz CT molecular complexity index is 466.